The highest BCUT2D eigenvalue weighted by atomic mass is 79.9. The maximum atomic E-state index is 5.91. The molecule has 100 valence electrons. The van der Waals surface area contributed by atoms with E-state index < -0.39 is 0 Å². The van der Waals surface area contributed by atoms with Gasteiger partial charge in [0.15, 0.2) is 0 Å². The van der Waals surface area contributed by atoms with Gasteiger partial charge in [-0.3, -0.25) is 4.90 Å². The van der Waals surface area contributed by atoms with Gasteiger partial charge in [0.1, 0.15) is 0 Å². The van der Waals surface area contributed by atoms with Crippen LogP contribution in [0.25, 0.3) is 0 Å². The van der Waals surface area contributed by atoms with Crippen LogP contribution in [0.5, 0.6) is 0 Å². The summed E-state index contributed by atoms with van der Waals surface area (Å²) in [7, 11) is 4.18. The summed E-state index contributed by atoms with van der Waals surface area (Å²) in [6, 6.07) is 14.7. The highest BCUT2D eigenvalue weighted by Crippen LogP contribution is 2.31. The zero-order valence-electron chi connectivity index (χ0n) is 11.5. The second-order valence-electron chi connectivity index (χ2n) is 5.04. The van der Waals surface area contributed by atoms with Crippen LogP contribution in [0.4, 0.5) is 5.69 Å². The van der Waals surface area contributed by atoms with E-state index in [2.05, 4.69) is 66.1 Å². The van der Waals surface area contributed by atoms with Gasteiger partial charge in [-0.1, -0.05) is 34.1 Å². The standard InChI is InChI=1S/C16H19BrN2/c1-11-7-8-13(17)10-15(11)16(19(2)3)12-5-4-6-14(18)9-12/h4-10,16H,18H2,1-3H3. The molecule has 0 bridgehead atoms. The number of hydrogen-bond acceptors (Lipinski definition) is 2. The van der Waals surface area contributed by atoms with E-state index in [1.165, 1.54) is 16.7 Å². The molecular formula is C16H19BrN2. The van der Waals surface area contributed by atoms with Crippen molar-refractivity contribution < 1.29 is 0 Å². The molecule has 2 rings (SSSR count). The van der Waals surface area contributed by atoms with Gasteiger partial charge in [0.2, 0.25) is 0 Å². The van der Waals surface area contributed by atoms with Crippen LogP contribution in [0.2, 0.25) is 0 Å². The first-order valence-electron chi connectivity index (χ1n) is 6.27. The van der Waals surface area contributed by atoms with E-state index in [9.17, 15) is 0 Å². The van der Waals surface area contributed by atoms with Crippen molar-refractivity contribution in [1.82, 2.24) is 4.90 Å². The van der Waals surface area contributed by atoms with Crippen LogP contribution >= 0.6 is 15.9 Å². The molecule has 2 aromatic carbocycles. The van der Waals surface area contributed by atoms with E-state index >= 15 is 0 Å². The molecule has 0 aliphatic carbocycles. The smallest absolute Gasteiger partial charge is 0.0600 e. The molecule has 2 N–H and O–H groups in total. The Labute approximate surface area is 123 Å². The molecule has 1 atom stereocenters. The summed E-state index contributed by atoms with van der Waals surface area (Å²) in [5.74, 6) is 0. The van der Waals surface area contributed by atoms with Crippen LogP contribution < -0.4 is 5.73 Å². The summed E-state index contributed by atoms with van der Waals surface area (Å²) in [6.45, 7) is 2.14. The second-order valence-corrected chi connectivity index (χ2v) is 5.95. The number of nitrogens with two attached hydrogens (primary N) is 1. The molecule has 1 unspecified atom stereocenters. The average molecular weight is 319 g/mol. The molecule has 2 nitrogen and oxygen atoms in total. The molecule has 0 fully saturated rings. The van der Waals surface area contributed by atoms with E-state index in [0.717, 1.165) is 10.2 Å². The molecule has 0 aliphatic heterocycles. The SMILES string of the molecule is Cc1ccc(Br)cc1C(c1cccc(N)c1)N(C)C. The Morgan fingerprint density at radius 1 is 1.11 bits per heavy atom. The van der Waals surface area contributed by atoms with Crippen molar-refractivity contribution in [2.45, 2.75) is 13.0 Å². The van der Waals surface area contributed by atoms with E-state index in [1.54, 1.807) is 0 Å². The van der Waals surface area contributed by atoms with Gasteiger partial charge in [0.05, 0.1) is 6.04 Å². The third-order valence-corrected chi connectivity index (χ3v) is 3.77. The fourth-order valence-corrected chi connectivity index (χ4v) is 2.77. The Morgan fingerprint density at radius 3 is 2.47 bits per heavy atom. The number of nitrogen functional groups attached to an aromatic ring is 1. The summed E-state index contributed by atoms with van der Waals surface area (Å²) in [4.78, 5) is 2.21. The molecule has 3 heteroatoms. The monoisotopic (exact) mass is 318 g/mol. The van der Waals surface area contributed by atoms with Gasteiger partial charge in [0, 0.05) is 10.2 Å². The normalized spacial score (nSPS) is 12.7. The van der Waals surface area contributed by atoms with E-state index in [1.807, 2.05) is 18.2 Å². The van der Waals surface area contributed by atoms with Crippen molar-refractivity contribution in [3.63, 3.8) is 0 Å². The summed E-state index contributed by atoms with van der Waals surface area (Å²) >= 11 is 3.56. The zero-order chi connectivity index (χ0) is 14.0. The lowest BCUT2D eigenvalue weighted by molar-refractivity contribution is 0.341. The van der Waals surface area contributed by atoms with Gasteiger partial charge < -0.3 is 5.73 Å². The van der Waals surface area contributed by atoms with Crippen molar-refractivity contribution >= 4 is 21.6 Å². The van der Waals surface area contributed by atoms with Crippen LogP contribution in [0.1, 0.15) is 22.7 Å². The third kappa shape index (κ3) is 3.17. The first kappa shape index (κ1) is 14.1. The van der Waals surface area contributed by atoms with Crippen molar-refractivity contribution in [3.05, 3.63) is 63.6 Å². The second kappa shape index (κ2) is 5.76. The fourth-order valence-electron chi connectivity index (χ4n) is 2.39. The number of hydrogen-bond donors (Lipinski definition) is 1. The molecule has 19 heavy (non-hydrogen) atoms. The number of nitrogens with zero attached hydrogens (tertiary/aromatic N) is 1. The van der Waals surface area contributed by atoms with Gasteiger partial charge in [0.25, 0.3) is 0 Å². The lowest BCUT2D eigenvalue weighted by Crippen LogP contribution is -2.22. The molecule has 0 saturated carbocycles. The Balaban J connectivity index is 2.55. The minimum atomic E-state index is 0.209. The Morgan fingerprint density at radius 2 is 1.84 bits per heavy atom. The van der Waals surface area contributed by atoms with Crippen LogP contribution in [0.3, 0.4) is 0 Å². The predicted molar refractivity (Wildman–Crippen MR) is 85.3 cm³/mol. The Kier molecular flexibility index (Phi) is 4.27. The van der Waals surface area contributed by atoms with Crippen LogP contribution in [-0.4, -0.2) is 19.0 Å². The summed E-state index contributed by atoms with van der Waals surface area (Å²) in [5.41, 5.74) is 10.5. The van der Waals surface area contributed by atoms with Crippen LogP contribution in [0.15, 0.2) is 46.9 Å². The van der Waals surface area contributed by atoms with Gasteiger partial charge in [-0.25, -0.2) is 0 Å². The van der Waals surface area contributed by atoms with Crippen molar-refractivity contribution in [2.24, 2.45) is 0 Å². The van der Waals surface area contributed by atoms with E-state index in [4.69, 9.17) is 5.73 Å². The van der Waals surface area contributed by atoms with Gasteiger partial charge in [-0.05, 0) is 62.0 Å². The average Bonchev–Trinajstić information content (AvgIpc) is 2.33. The molecular weight excluding hydrogens is 300 g/mol. The number of benzene rings is 2. The molecule has 0 amide bonds. The largest absolute Gasteiger partial charge is 0.399 e. The quantitative estimate of drug-likeness (QED) is 0.867. The maximum Gasteiger partial charge on any atom is 0.0600 e. The maximum absolute atomic E-state index is 5.91. The van der Waals surface area contributed by atoms with Crippen molar-refractivity contribution in [1.29, 1.82) is 0 Å². The molecule has 0 saturated heterocycles. The first-order valence-corrected chi connectivity index (χ1v) is 7.06. The van der Waals surface area contributed by atoms with Crippen molar-refractivity contribution in [2.75, 3.05) is 19.8 Å². The summed E-state index contributed by atoms with van der Waals surface area (Å²) < 4.78 is 1.10. The third-order valence-electron chi connectivity index (χ3n) is 3.28. The van der Waals surface area contributed by atoms with E-state index in [-0.39, 0.29) is 6.04 Å². The zero-order valence-corrected chi connectivity index (χ0v) is 13.1. The fraction of sp³-hybridized carbons (Fsp3) is 0.250. The molecule has 0 radical (unpaired) electrons. The first-order chi connectivity index (χ1) is 8.99. The van der Waals surface area contributed by atoms with Crippen molar-refractivity contribution in [3.8, 4) is 0 Å². The number of halogens is 1. The Bertz CT molecular complexity index is 579. The Hall–Kier alpha value is -1.32. The molecule has 0 aliphatic rings. The lowest BCUT2D eigenvalue weighted by Gasteiger charge is -2.27. The summed E-state index contributed by atoms with van der Waals surface area (Å²) in [5, 5.41) is 0. The lowest BCUT2D eigenvalue weighted by atomic mass is 9.94. The van der Waals surface area contributed by atoms with E-state index in [0.29, 0.717) is 0 Å². The van der Waals surface area contributed by atoms with Gasteiger partial charge in [-0.2, -0.15) is 0 Å². The summed E-state index contributed by atoms with van der Waals surface area (Å²) in [6.07, 6.45) is 0. The molecule has 0 aromatic heterocycles. The highest BCUT2D eigenvalue weighted by molar-refractivity contribution is 9.10. The predicted octanol–water partition coefficient (Wildman–Crippen LogP) is 3.99. The number of aryl methyl sites for hydroxylation is 1. The topological polar surface area (TPSA) is 29.3 Å². The van der Waals surface area contributed by atoms with Crippen LogP contribution in [0, 0.1) is 6.92 Å². The molecule has 0 spiro atoms. The minimum Gasteiger partial charge on any atom is -0.399 e. The molecule has 0 heterocycles. The molecule has 2 aromatic rings. The van der Waals surface area contributed by atoms with Crippen LogP contribution in [-0.2, 0) is 0 Å². The number of anilines is 1. The highest BCUT2D eigenvalue weighted by Gasteiger charge is 2.18. The van der Waals surface area contributed by atoms with Gasteiger partial charge >= 0.3 is 0 Å². The van der Waals surface area contributed by atoms with Gasteiger partial charge in [-0.15, -0.1) is 0 Å². The number of rotatable bonds is 3. The minimum absolute atomic E-state index is 0.209.